The van der Waals surface area contributed by atoms with Crippen molar-refractivity contribution in [3.63, 3.8) is 0 Å². The number of methoxy groups -OCH3 is 1. The Morgan fingerprint density at radius 3 is 2.83 bits per heavy atom. The first-order valence-corrected chi connectivity index (χ1v) is 8.04. The minimum absolute atomic E-state index is 0.0629. The molecule has 1 aromatic carbocycles. The molecule has 1 aliphatic heterocycles. The molecule has 2 heterocycles. The van der Waals surface area contributed by atoms with Gasteiger partial charge in [0.1, 0.15) is 5.82 Å². The molecule has 2 aromatic rings. The summed E-state index contributed by atoms with van der Waals surface area (Å²) in [7, 11) is 3.63. The molecule has 1 fully saturated rings. The number of rotatable bonds is 5. The molecule has 0 spiro atoms. The fraction of sp³-hybridized carbons (Fsp3) is 0.529. The molecule has 6 heteroatoms. The number of carbonyl (C=O) groups is 1. The fourth-order valence-corrected chi connectivity index (χ4v) is 3.32. The lowest BCUT2D eigenvalue weighted by molar-refractivity contribution is -0.136. The van der Waals surface area contributed by atoms with E-state index < -0.39 is 5.41 Å². The summed E-state index contributed by atoms with van der Waals surface area (Å²) in [5.74, 6) is 0.925. The van der Waals surface area contributed by atoms with Gasteiger partial charge in [-0.2, -0.15) is 0 Å². The molecule has 0 saturated carbocycles. The molecule has 0 bridgehead atoms. The molecular weight excluding hydrogens is 292 g/mol. The van der Waals surface area contributed by atoms with Gasteiger partial charge in [0.25, 0.3) is 0 Å². The highest BCUT2D eigenvalue weighted by Gasteiger charge is 2.39. The molecule has 0 radical (unpaired) electrons. The summed E-state index contributed by atoms with van der Waals surface area (Å²) in [6.07, 6.45) is 1.60. The Bertz CT molecular complexity index is 683. The van der Waals surface area contributed by atoms with Crippen LogP contribution in [0.4, 0.5) is 0 Å². The Balaban J connectivity index is 1.73. The maximum absolute atomic E-state index is 12.8. The van der Waals surface area contributed by atoms with E-state index in [2.05, 4.69) is 15.6 Å². The third-order valence-corrected chi connectivity index (χ3v) is 4.75. The van der Waals surface area contributed by atoms with Crippen LogP contribution in [0.5, 0.6) is 0 Å². The summed E-state index contributed by atoms with van der Waals surface area (Å²) in [6.45, 7) is 2.60. The maximum Gasteiger partial charge on any atom is 0.229 e. The van der Waals surface area contributed by atoms with Gasteiger partial charge in [-0.25, -0.2) is 4.98 Å². The fourth-order valence-electron chi connectivity index (χ4n) is 3.32. The molecule has 1 amide bonds. The average molecular weight is 316 g/mol. The lowest BCUT2D eigenvalue weighted by atomic mass is 9.78. The quantitative estimate of drug-likeness (QED) is 0.870. The summed E-state index contributed by atoms with van der Waals surface area (Å²) in [6, 6.07) is 7.99. The van der Waals surface area contributed by atoms with Crippen molar-refractivity contribution in [1.82, 2.24) is 20.2 Å². The molecular formula is C17H24N4O2. The maximum atomic E-state index is 12.8. The topological polar surface area (TPSA) is 68.2 Å². The number of aryl methyl sites for hydroxylation is 1. The van der Waals surface area contributed by atoms with E-state index >= 15 is 0 Å². The molecule has 0 atom stereocenters. The minimum Gasteiger partial charge on any atom is -0.384 e. The highest BCUT2D eigenvalue weighted by molar-refractivity contribution is 5.83. The number of para-hydroxylation sites is 2. The molecule has 23 heavy (non-hydrogen) atoms. The molecule has 1 saturated heterocycles. The first-order valence-electron chi connectivity index (χ1n) is 8.04. The van der Waals surface area contributed by atoms with Crippen LogP contribution in [0.25, 0.3) is 11.0 Å². The van der Waals surface area contributed by atoms with Crippen molar-refractivity contribution in [1.29, 1.82) is 0 Å². The molecule has 1 aliphatic rings. The number of aromatic nitrogens is 2. The van der Waals surface area contributed by atoms with Gasteiger partial charge < -0.3 is 19.9 Å². The van der Waals surface area contributed by atoms with E-state index in [-0.39, 0.29) is 5.91 Å². The van der Waals surface area contributed by atoms with Crippen LogP contribution in [0, 0.1) is 5.41 Å². The number of hydrogen-bond acceptors (Lipinski definition) is 4. The lowest BCUT2D eigenvalue weighted by Crippen LogP contribution is -2.50. The van der Waals surface area contributed by atoms with Crippen LogP contribution in [-0.2, 0) is 23.1 Å². The van der Waals surface area contributed by atoms with Crippen molar-refractivity contribution in [3.8, 4) is 0 Å². The zero-order chi connectivity index (χ0) is 16.3. The van der Waals surface area contributed by atoms with E-state index in [4.69, 9.17) is 4.74 Å². The van der Waals surface area contributed by atoms with Crippen molar-refractivity contribution in [2.45, 2.75) is 19.4 Å². The van der Waals surface area contributed by atoms with Crippen LogP contribution in [0.2, 0.25) is 0 Å². The Hall–Kier alpha value is -1.92. The van der Waals surface area contributed by atoms with Crippen molar-refractivity contribution in [2.75, 3.05) is 26.8 Å². The number of hydrogen-bond donors (Lipinski definition) is 2. The minimum atomic E-state index is -0.426. The smallest absolute Gasteiger partial charge is 0.229 e. The summed E-state index contributed by atoms with van der Waals surface area (Å²) in [5.41, 5.74) is 1.60. The Labute approximate surface area is 136 Å². The SMILES string of the molecule is COCC1(C(=O)NCc2nc3ccccc3n2C)CCNCC1. The summed E-state index contributed by atoms with van der Waals surface area (Å²) in [5, 5.41) is 6.37. The van der Waals surface area contributed by atoms with Crippen LogP contribution in [0.15, 0.2) is 24.3 Å². The number of nitrogens with one attached hydrogen (secondary N) is 2. The lowest BCUT2D eigenvalue weighted by Gasteiger charge is -2.35. The van der Waals surface area contributed by atoms with E-state index in [0.717, 1.165) is 42.8 Å². The zero-order valence-electron chi connectivity index (χ0n) is 13.8. The summed E-state index contributed by atoms with van der Waals surface area (Å²) >= 11 is 0. The predicted molar refractivity (Wildman–Crippen MR) is 89.0 cm³/mol. The molecule has 124 valence electrons. The second kappa shape index (κ2) is 6.68. The van der Waals surface area contributed by atoms with Crippen molar-refractivity contribution in [3.05, 3.63) is 30.1 Å². The summed E-state index contributed by atoms with van der Waals surface area (Å²) in [4.78, 5) is 17.4. The van der Waals surface area contributed by atoms with E-state index in [0.29, 0.717) is 13.2 Å². The number of imidazole rings is 1. The largest absolute Gasteiger partial charge is 0.384 e. The number of fused-ring (bicyclic) bond motifs is 1. The second-order valence-electron chi connectivity index (χ2n) is 6.22. The van der Waals surface area contributed by atoms with Gasteiger partial charge in [-0.1, -0.05) is 12.1 Å². The zero-order valence-corrected chi connectivity index (χ0v) is 13.8. The number of ether oxygens (including phenoxy) is 1. The van der Waals surface area contributed by atoms with Gasteiger partial charge in [-0.05, 0) is 38.1 Å². The van der Waals surface area contributed by atoms with E-state index in [9.17, 15) is 4.79 Å². The highest BCUT2D eigenvalue weighted by Crippen LogP contribution is 2.29. The van der Waals surface area contributed by atoms with Crippen LogP contribution in [-0.4, -0.2) is 42.3 Å². The molecule has 6 nitrogen and oxygen atoms in total. The number of benzene rings is 1. The average Bonchev–Trinajstić information content (AvgIpc) is 2.90. The number of piperidine rings is 1. The van der Waals surface area contributed by atoms with Gasteiger partial charge in [0.05, 0.1) is 29.6 Å². The molecule has 1 aromatic heterocycles. The van der Waals surface area contributed by atoms with Crippen LogP contribution in [0.3, 0.4) is 0 Å². The Kier molecular flexibility index (Phi) is 4.63. The van der Waals surface area contributed by atoms with Crippen molar-refractivity contribution < 1.29 is 9.53 Å². The van der Waals surface area contributed by atoms with Crippen LogP contribution >= 0.6 is 0 Å². The number of carbonyl (C=O) groups excluding carboxylic acids is 1. The van der Waals surface area contributed by atoms with Gasteiger partial charge in [0.15, 0.2) is 0 Å². The normalized spacial score (nSPS) is 17.3. The highest BCUT2D eigenvalue weighted by atomic mass is 16.5. The number of amides is 1. The van der Waals surface area contributed by atoms with Crippen LogP contribution in [0.1, 0.15) is 18.7 Å². The second-order valence-corrected chi connectivity index (χ2v) is 6.22. The van der Waals surface area contributed by atoms with Crippen molar-refractivity contribution in [2.24, 2.45) is 12.5 Å². The Morgan fingerprint density at radius 1 is 1.39 bits per heavy atom. The molecule has 2 N–H and O–H groups in total. The first-order chi connectivity index (χ1) is 11.2. The van der Waals surface area contributed by atoms with E-state index in [1.165, 1.54) is 0 Å². The van der Waals surface area contributed by atoms with Gasteiger partial charge in [-0.15, -0.1) is 0 Å². The van der Waals surface area contributed by atoms with Gasteiger partial charge in [-0.3, -0.25) is 4.79 Å². The predicted octanol–water partition coefficient (Wildman–Crippen LogP) is 1.21. The molecule has 0 aliphatic carbocycles. The third-order valence-electron chi connectivity index (χ3n) is 4.75. The first kappa shape index (κ1) is 16.0. The Morgan fingerprint density at radius 2 is 2.13 bits per heavy atom. The summed E-state index contributed by atoms with van der Waals surface area (Å²) < 4.78 is 7.35. The molecule has 3 rings (SSSR count). The van der Waals surface area contributed by atoms with Gasteiger partial charge >= 0.3 is 0 Å². The van der Waals surface area contributed by atoms with Crippen LogP contribution < -0.4 is 10.6 Å². The standard InChI is InChI=1S/C17H24N4O2/c1-21-14-6-4-3-5-13(14)20-15(21)11-19-16(22)17(12-23-2)7-9-18-10-8-17/h3-6,18H,7-12H2,1-2H3,(H,19,22). The third kappa shape index (κ3) is 3.09. The monoisotopic (exact) mass is 316 g/mol. The van der Waals surface area contributed by atoms with E-state index in [1.807, 2.05) is 35.9 Å². The molecule has 0 unspecified atom stereocenters. The van der Waals surface area contributed by atoms with Gasteiger partial charge in [0, 0.05) is 14.2 Å². The number of nitrogens with zero attached hydrogens (tertiary/aromatic N) is 2. The van der Waals surface area contributed by atoms with Crippen molar-refractivity contribution >= 4 is 16.9 Å². The van der Waals surface area contributed by atoms with E-state index in [1.54, 1.807) is 7.11 Å². The van der Waals surface area contributed by atoms with Gasteiger partial charge in [0.2, 0.25) is 5.91 Å².